The molecule has 1 aliphatic carbocycles. The number of aryl methyl sites for hydroxylation is 1. The van der Waals surface area contributed by atoms with E-state index in [4.69, 9.17) is 0 Å². The third-order valence-corrected chi connectivity index (χ3v) is 4.09. The van der Waals surface area contributed by atoms with Crippen LogP contribution in [0.25, 0.3) is 0 Å². The number of hydrogen-bond acceptors (Lipinski definition) is 2. The Hall–Kier alpha value is -1.83. The SMILES string of the molecule is CC1=C2C(=O)CCCC=C2C(c2ccccc2C)N1. The minimum atomic E-state index is 0.151. The van der Waals surface area contributed by atoms with E-state index >= 15 is 0 Å². The van der Waals surface area contributed by atoms with E-state index in [1.165, 1.54) is 16.7 Å². The summed E-state index contributed by atoms with van der Waals surface area (Å²) in [4.78, 5) is 12.2. The highest BCUT2D eigenvalue weighted by molar-refractivity contribution is 6.01. The van der Waals surface area contributed by atoms with Crippen molar-refractivity contribution in [3.8, 4) is 0 Å². The Morgan fingerprint density at radius 3 is 2.79 bits per heavy atom. The summed E-state index contributed by atoms with van der Waals surface area (Å²) in [6.45, 7) is 4.15. The van der Waals surface area contributed by atoms with Crippen LogP contribution >= 0.6 is 0 Å². The van der Waals surface area contributed by atoms with Crippen LogP contribution in [0.5, 0.6) is 0 Å². The summed E-state index contributed by atoms with van der Waals surface area (Å²) in [7, 11) is 0. The number of nitrogens with one attached hydrogen (secondary N) is 1. The number of ketones is 1. The van der Waals surface area contributed by atoms with Gasteiger partial charge in [0.2, 0.25) is 0 Å². The van der Waals surface area contributed by atoms with Crippen molar-refractivity contribution in [1.82, 2.24) is 5.32 Å². The van der Waals surface area contributed by atoms with Crippen molar-refractivity contribution in [3.63, 3.8) is 0 Å². The van der Waals surface area contributed by atoms with Crippen molar-refractivity contribution in [2.75, 3.05) is 0 Å². The highest BCUT2D eigenvalue weighted by Gasteiger charge is 2.33. The molecule has 2 aliphatic rings. The van der Waals surface area contributed by atoms with E-state index in [1.807, 2.05) is 6.92 Å². The lowest BCUT2D eigenvalue weighted by atomic mass is 9.91. The molecule has 3 rings (SSSR count). The Morgan fingerprint density at radius 2 is 2.00 bits per heavy atom. The standard InChI is InChI=1S/C17H19NO/c1-11-7-3-4-8-13(11)17-14-9-5-6-10-15(19)16(14)12(2)18-17/h3-4,7-9,17-18H,5-6,10H2,1-2H3. The normalized spacial score (nSPS) is 22.7. The Bertz CT molecular complexity index is 595. The van der Waals surface area contributed by atoms with Crippen molar-refractivity contribution in [2.24, 2.45) is 0 Å². The third-order valence-electron chi connectivity index (χ3n) is 4.09. The first-order chi connectivity index (χ1) is 9.18. The molecular weight excluding hydrogens is 234 g/mol. The summed E-state index contributed by atoms with van der Waals surface area (Å²) in [6.07, 6.45) is 4.90. The Kier molecular flexibility index (Phi) is 3.02. The molecule has 1 atom stereocenters. The van der Waals surface area contributed by atoms with Gasteiger partial charge in [-0.2, -0.15) is 0 Å². The van der Waals surface area contributed by atoms with Crippen LogP contribution in [-0.2, 0) is 4.79 Å². The Labute approximate surface area is 114 Å². The van der Waals surface area contributed by atoms with Crippen LogP contribution in [0.4, 0.5) is 0 Å². The molecule has 98 valence electrons. The molecule has 1 N–H and O–H groups in total. The van der Waals surface area contributed by atoms with Crippen LogP contribution in [0, 0.1) is 6.92 Å². The molecule has 1 aromatic carbocycles. The van der Waals surface area contributed by atoms with Gasteiger partial charge in [-0.25, -0.2) is 0 Å². The lowest BCUT2D eigenvalue weighted by Crippen LogP contribution is -2.15. The van der Waals surface area contributed by atoms with Gasteiger partial charge < -0.3 is 5.32 Å². The van der Waals surface area contributed by atoms with Crippen LogP contribution in [0.2, 0.25) is 0 Å². The van der Waals surface area contributed by atoms with E-state index in [-0.39, 0.29) is 6.04 Å². The average Bonchev–Trinajstić information content (AvgIpc) is 2.59. The zero-order chi connectivity index (χ0) is 13.4. The Morgan fingerprint density at radius 1 is 1.21 bits per heavy atom. The van der Waals surface area contributed by atoms with Gasteiger partial charge in [-0.05, 0) is 43.4 Å². The number of rotatable bonds is 1. The van der Waals surface area contributed by atoms with E-state index in [2.05, 4.69) is 42.6 Å². The van der Waals surface area contributed by atoms with Gasteiger partial charge in [0.05, 0.1) is 6.04 Å². The molecule has 0 radical (unpaired) electrons. The summed E-state index contributed by atoms with van der Waals surface area (Å²) < 4.78 is 0. The molecule has 19 heavy (non-hydrogen) atoms. The second kappa shape index (κ2) is 4.69. The maximum atomic E-state index is 12.2. The van der Waals surface area contributed by atoms with Gasteiger partial charge in [-0.3, -0.25) is 4.79 Å². The first-order valence-corrected chi connectivity index (χ1v) is 6.95. The fourth-order valence-electron chi connectivity index (χ4n) is 3.12. The smallest absolute Gasteiger partial charge is 0.164 e. The molecule has 0 fully saturated rings. The minimum Gasteiger partial charge on any atom is -0.377 e. The second-order valence-corrected chi connectivity index (χ2v) is 5.41. The topological polar surface area (TPSA) is 29.1 Å². The molecule has 2 heteroatoms. The van der Waals surface area contributed by atoms with E-state index in [0.717, 1.165) is 24.1 Å². The molecule has 0 aromatic heterocycles. The van der Waals surface area contributed by atoms with Crippen LogP contribution in [-0.4, -0.2) is 5.78 Å². The molecule has 0 spiro atoms. The lowest BCUT2D eigenvalue weighted by molar-refractivity contribution is -0.115. The Balaban J connectivity index is 2.06. The highest BCUT2D eigenvalue weighted by atomic mass is 16.1. The van der Waals surface area contributed by atoms with E-state index in [0.29, 0.717) is 12.2 Å². The molecule has 2 nitrogen and oxygen atoms in total. The zero-order valence-corrected chi connectivity index (χ0v) is 11.5. The largest absolute Gasteiger partial charge is 0.377 e. The summed E-state index contributed by atoms with van der Waals surface area (Å²) in [5.74, 6) is 0.296. The predicted octanol–water partition coefficient (Wildman–Crippen LogP) is 3.59. The number of carbonyl (C=O) groups excluding carboxylic acids is 1. The van der Waals surface area contributed by atoms with Gasteiger partial charge in [-0.1, -0.05) is 30.3 Å². The molecular formula is C17H19NO. The van der Waals surface area contributed by atoms with Crippen molar-refractivity contribution in [1.29, 1.82) is 0 Å². The molecule has 1 aliphatic heterocycles. The van der Waals surface area contributed by atoms with Crippen LogP contribution in [0.15, 0.2) is 47.2 Å². The fourth-order valence-corrected chi connectivity index (χ4v) is 3.12. The average molecular weight is 253 g/mol. The van der Waals surface area contributed by atoms with Gasteiger partial charge >= 0.3 is 0 Å². The van der Waals surface area contributed by atoms with Crippen molar-refractivity contribution < 1.29 is 4.79 Å². The number of hydrogen-bond donors (Lipinski definition) is 1. The maximum Gasteiger partial charge on any atom is 0.164 e. The van der Waals surface area contributed by atoms with Crippen molar-refractivity contribution >= 4 is 5.78 Å². The summed E-state index contributed by atoms with van der Waals surface area (Å²) in [5, 5.41) is 3.50. The fraction of sp³-hybridized carbons (Fsp3) is 0.353. The number of fused-ring (bicyclic) bond motifs is 1. The molecule has 0 amide bonds. The van der Waals surface area contributed by atoms with Crippen LogP contribution < -0.4 is 5.32 Å². The predicted molar refractivity (Wildman–Crippen MR) is 76.7 cm³/mol. The number of Topliss-reactive ketones (excluding diaryl/α,β-unsaturated/α-hetero) is 1. The molecule has 1 unspecified atom stereocenters. The summed E-state index contributed by atoms with van der Waals surface area (Å²) in [6, 6.07) is 8.55. The van der Waals surface area contributed by atoms with Crippen molar-refractivity contribution in [3.05, 3.63) is 58.3 Å². The molecule has 0 saturated carbocycles. The lowest BCUT2D eigenvalue weighted by Gasteiger charge is -2.17. The van der Waals surface area contributed by atoms with Gasteiger partial charge in [0.25, 0.3) is 0 Å². The molecule has 1 heterocycles. The van der Waals surface area contributed by atoms with E-state index in [9.17, 15) is 4.79 Å². The highest BCUT2D eigenvalue weighted by Crippen LogP contribution is 2.39. The molecule has 0 saturated heterocycles. The van der Waals surface area contributed by atoms with Crippen molar-refractivity contribution in [2.45, 2.75) is 39.2 Å². The van der Waals surface area contributed by atoms with E-state index < -0.39 is 0 Å². The maximum absolute atomic E-state index is 12.2. The quantitative estimate of drug-likeness (QED) is 0.828. The van der Waals surface area contributed by atoms with Gasteiger partial charge in [0, 0.05) is 17.7 Å². The molecule has 1 aromatic rings. The van der Waals surface area contributed by atoms with Gasteiger partial charge in [0.1, 0.15) is 0 Å². The number of benzene rings is 1. The molecule has 0 bridgehead atoms. The minimum absolute atomic E-state index is 0.151. The monoisotopic (exact) mass is 253 g/mol. The zero-order valence-electron chi connectivity index (χ0n) is 11.5. The van der Waals surface area contributed by atoms with Gasteiger partial charge in [-0.15, -0.1) is 0 Å². The van der Waals surface area contributed by atoms with Gasteiger partial charge in [0.15, 0.2) is 5.78 Å². The second-order valence-electron chi connectivity index (χ2n) is 5.41. The van der Waals surface area contributed by atoms with E-state index in [1.54, 1.807) is 0 Å². The first kappa shape index (κ1) is 12.2. The number of carbonyl (C=O) groups is 1. The summed E-state index contributed by atoms with van der Waals surface area (Å²) >= 11 is 0. The third kappa shape index (κ3) is 2.01. The number of allylic oxidation sites excluding steroid dienone is 2. The summed E-state index contributed by atoms with van der Waals surface area (Å²) in [5.41, 5.74) is 5.70. The van der Waals surface area contributed by atoms with Crippen LogP contribution in [0.1, 0.15) is 43.4 Å². The first-order valence-electron chi connectivity index (χ1n) is 6.95. The van der Waals surface area contributed by atoms with Crippen LogP contribution in [0.3, 0.4) is 0 Å².